The fourth-order valence-electron chi connectivity index (χ4n) is 4.71. The van der Waals surface area contributed by atoms with Gasteiger partial charge in [-0.15, -0.1) is 0 Å². The number of carbonyl (C=O) groups is 1. The summed E-state index contributed by atoms with van der Waals surface area (Å²) in [7, 11) is 0. The number of rotatable bonds is 2. The van der Waals surface area contributed by atoms with Crippen LogP contribution in [0.15, 0.2) is 30.3 Å². The molecule has 2 aliphatic rings. The molecule has 2 saturated heterocycles. The van der Waals surface area contributed by atoms with Gasteiger partial charge in [0.2, 0.25) is 0 Å². The molecule has 2 aliphatic heterocycles. The molecule has 6 heteroatoms. The molecule has 2 unspecified atom stereocenters. The first-order valence-corrected chi connectivity index (χ1v) is 9.14. The van der Waals surface area contributed by atoms with Crippen LogP contribution in [0.3, 0.4) is 0 Å². The number of amides is 1. The van der Waals surface area contributed by atoms with E-state index in [0.29, 0.717) is 23.2 Å². The van der Waals surface area contributed by atoms with Crippen LogP contribution in [-0.4, -0.2) is 36.6 Å². The van der Waals surface area contributed by atoms with Crippen molar-refractivity contribution in [1.82, 2.24) is 10.3 Å². The van der Waals surface area contributed by atoms with Crippen LogP contribution in [0.4, 0.5) is 10.1 Å². The number of nitrogens with zero attached hydrogens (tertiary/aromatic N) is 1. The Labute approximate surface area is 150 Å². The third-order valence-electron chi connectivity index (χ3n) is 5.89. The van der Waals surface area contributed by atoms with Gasteiger partial charge < -0.3 is 20.9 Å². The van der Waals surface area contributed by atoms with Gasteiger partial charge in [-0.25, -0.2) is 4.39 Å². The van der Waals surface area contributed by atoms with Gasteiger partial charge in [-0.1, -0.05) is 18.2 Å². The number of carbonyl (C=O) groups excluding carboxylic acids is 1. The van der Waals surface area contributed by atoms with E-state index in [-0.39, 0.29) is 11.4 Å². The average molecular weight is 352 g/mol. The summed E-state index contributed by atoms with van der Waals surface area (Å²) in [6.45, 7) is 2.64. The maximum absolute atomic E-state index is 15.2. The van der Waals surface area contributed by atoms with Crippen LogP contribution < -0.4 is 16.0 Å². The molecule has 3 heterocycles. The van der Waals surface area contributed by atoms with Gasteiger partial charge in [0.15, 0.2) is 0 Å². The number of para-hydroxylation sites is 1. The van der Waals surface area contributed by atoms with E-state index in [4.69, 9.17) is 5.73 Å². The lowest BCUT2D eigenvalue weighted by Gasteiger charge is -2.24. The highest BCUT2D eigenvalue weighted by atomic mass is 19.1. The van der Waals surface area contributed by atoms with Crippen LogP contribution in [0.2, 0.25) is 0 Å². The fraction of sp³-hybridized carbons (Fsp3) is 0.350. The van der Waals surface area contributed by atoms with Crippen molar-refractivity contribution in [3.8, 4) is 0 Å². The normalized spacial score (nSPS) is 22.9. The summed E-state index contributed by atoms with van der Waals surface area (Å²) >= 11 is 0. The summed E-state index contributed by atoms with van der Waals surface area (Å²) in [6, 6.07) is 9.44. The average Bonchev–Trinajstić information content (AvgIpc) is 3.22. The van der Waals surface area contributed by atoms with Crippen LogP contribution in [0.5, 0.6) is 0 Å². The molecule has 0 spiro atoms. The van der Waals surface area contributed by atoms with Gasteiger partial charge in [-0.2, -0.15) is 0 Å². The summed E-state index contributed by atoms with van der Waals surface area (Å²) in [5.74, 6) is -0.460. The molecule has 5 nitrogen and oxygen atoms in total. The highest BCUT2D eigenvalue weighted by molar-refractivity contribution is 6.19. The van der Waals surface area contributed by atoms with E-state index < -0.39 is 5.91 Å². The Morgan fingerprint density at radius 3 is 2.92 bits per heavy atom. The van der Waals surface area contributed by atoms with Crippen molar-refractivity contribution in [2.45, 2.75) is 18.9 Å². The quantitative estimate of drug-likeness (QED) is 0.664. The molecular formula is C20H21FN4O. The molecule has 26 heavy (non-hydrogen) atoms. The Morgan fingerprint density at radius 1 is 1.27 bits per heavy atom. The minimum Gasteiger partial charge on any atom is -0.367 e. The second-order valence-electron chi connectivity index (χ2n) is 7.41. The first-order valence-electron chi connectivity index (χ1n) is 9.14. The molecule has 1 aromatic heterocycles. The Kier molecular flexibility index (Phi) is 3.43. The van der Waals surface area contributed by atoms with Gasteiger partial charge >= 0.3 is 0 Å². The van der Waals surface area contributed by atoms with E-state index in [9.17, 15) is 4.79 Å². The smallest absolute Gasteiger partial charge is 0.250 e. The van der Waals surface area contributed by atoms with E-state index in [1.54, 1.807) is 0 Å². The molecule has 0 saturated carbocycles. The zero-order valence-electron chi connectivity index (χ0n) is 14.4. The Morgan fingerprint density at radius 2 is 2.12 bits per heavy atom. The van der Waals surface area contributed by atoms with Crippen molar-refractivity contribution in [3.63, 3.8) is 0 Å². The number of fused-ring (bicyclic) bond motifs is 4. The van der Waals surface area contributed by atoms with Gasteiger partial charge in [0.05, 0.1) is 16.8 Å². The zero-order valence-corrected chi connectivity index (χ0v) is 14.4. The standard InChI is InChI=1S/C20H21FN4O/c21-14-8-13(20(22)26)18-17(12-5-1-2-6-15(12)24-18)19(14)25-9-11-4-3-7-23-16(11)10-25/h1-2,5-6,8,11,16,23-24H,3-4,7,9-10H2,(H2,22,26). The number of aromatic nitrogens is 1. The topological polar surface area (TPSA) is 74.2 Å². The molecular weight excluding hydrogens is 331 g/mol. The van der Waals surface area contributed by atoms with E-state index >= 15 is 4.39 Å². The first-order chi connectivity index (χ1) is 12.6. The largest absolute Gasteiger partial charge is 0.367 e. The molecule has 2 fully saturated rings. The minimum absolute atomic E-state index is 0.201. The van der Waals surface area contributed by atoms with Crippen molar-refractivity contribution < 1.29 is 9.18 Å². The van der Waals surface area contributed by atoms with E-state index in [2.05, 4.69) is 15.2 Å². The third kappa shape index (κ3) is 2.22. The van der Waals surface area contributed by atoms with Gasteiger partial charge in [0, 0.05) is 35.4 Å². The predicted molar refractivity (Wildman–Crippen MR) is 101 cm³/mol. The molecule has 5 rings (SSSR count). The lowest BCUT2D eigenvalue weighted by Crippen LogP contribution is -2.40. The molecule has 0 bridgehead atoms. The van der Waals surface area contributed by atoms with Crippen LogP contribution in [0, 0.1) is 11.7 Å². The number of benzene rings is 2. The predicted octanol–water partition coefficient (Wildman–Crippen LogP) is 2.75. The number of aromatic amines is 1. The number of primary amides is 1. The minimum atomic E-state index is -0.622. The lowest BCUT2D eigenvalue weighted by molar-refractivity contribution is 0.100. The fourth-order valence-corrected chi connectivity index (χ4v) is 4.71. The molecule has 0 aliphatic carbocycles. The Balaban J connectivity index is 1.76. The van der Waals surface area contributed by atoms with Crippen molar-refractivity contribution in [1.29, 1.82) is 0 Å². The van der Waals surface area contributed by atoms with Crippen molar-refractivity contribution in [3.05, 3.63) is 41.7 Å². The summed E-state index contributed by atoms with van der Waals surface area (Å²) in [5, 5.41) is 5.24. The Hall–Kier alpha value is -2.60. The van der Waals surface area contributed by atoms with Crippen molar-refractivity contribution >= 4 is 33.4 Å². The van der Waals surface area contributed by atoms with Gasteiger partial charge in [0.25, 0.3) is 5.91 Å². The molecule has 0 radical (unpaired) electrons. The van der Waals surface area contributed by atoms with Gasteiger partial charge in [0.1, 0.15) is 5.82 Å². The van der Waals surface area contributed by atoms with E-state index in [1.165, 1.54) is 18.9 Å². The van der Waals surface area contributed by atoms with Crippen LogP contribution in [-0.2, 0) is 0 Å². The highest BCUT2D eigenvalue weighted by Gasteiger charge is 2.36. The maximum Gasteiger partial charge on any atom is 0.250 e. The summed E-state index contributed by atoms with van der Waals surface area (Å²) in [5.41, 5.74) is 7.81. The molecule has 1 amide bonds. The summed E-state index contributed by atoms with van der Waals surface area (Å²) in [6.07, 6.45) is 2.34. The number of piperidine rings is 1. The second-order valence-corrected chi connectivity index (χ2v) is 7.41. The highest BCUT2D eigenvalue weighted by Crippen LogP contribution is 2.40. The van der Waals surface area contributed by atoms with Gasteiger partial charge in [-0.3, -0.25) is 4.79 Å². The zero-order chi connectivity index (χ0) is 17.8. The number of H-pyrrole nitrogens is 1. The number of nitrogens with two attached hydrogens (primary N) is 1. The maximum atomic E-state index is 15.2. The number of hydrogen-bond acceptors (Lipinski definition) is 3. The number of hydrogen-bond donors (Lipinski definition) is 3. The summed E-state index contributed by atoms with van der Waals surface area (Å²) < 4.78 is 15.2. The molecule has 4 N–H and O–H groups in total. The van der Waals surface area contributed by atoms with Crippen LogP contribution in [0.25, 0.3) is 21.8 Å². The number of anilines is 1. The number of nitrogens with one attached hydrogen (secondary N) is 2. The van der Waals surface area contributed by atoms with Crippen molar-refractivity contribution in [2.24, 2.45) is 11.7 Å². The molecule has 3 aromatic rings. The van der Waals surface area contributed by atoms with Gasteiger partial charge in [-0.05, 0) is 37.4 Å². The summed E-state index contributed by atoms with van der Waals surface area (Å²) in [4.78, 5) is 17.3. The Bertz CT molecular complexity index is 1010. The van der Waals surface area contributed by atoms with E-state index in [1.807, 2.05) is 24.3 Å². The van der Waals surface area contributed by atoms with E-state index in [0.717, 1.165) is 35.9 Å². The van der Waals surface area contributed by atoms with Crippen LogP contribution >= 0.6 is 0 Å². The van der Waals surface area contributed by atoms with Crippen molar-refractivity contribution in [2.75, 3.05) is 24.5 Å². The third-order valence-corrected chi connectivity index (χ3v) is 5.89. The SMILES string of the molecule is NC(=O)c1cc(F)c(N2CC3CCCNC3C2)c2c1[nH]c1ccccc12. The van der Waals surface area contributed by atoms with Crippen LogP contribution in [0.1, 0.15) is 23.2 Å². The molecule has 2 atom stereocenters. The second kappa shape index (κ2) is 5.71. The lowest BCUT2D eigenvalue weighted by atomic mass is 9.94. The monoisotopic (exact) mass is 352 g/mol. The first kappa shape index (κ1) is 15.6. The molecule has 134 valence electrons. The number of halogens is 1. The molecule has 2 aromatic carbocycles.